The van der Waals surface area contributed by atoms with Gasteiger partial charge in [-0.15, -0.1) is 0 Å². The molecule has 0 saturated carbocycles. The number of amides is 1. The molecule has 0 aliphatic carbocycles. The maximum atomic E-state index is 12.0. The molecule has 94 valence electrons. The topological polar surface area (TPSA) is 78.0 Å². The van der Waals surface area contributed by atoms with E-state index in [0.717, 1.165) is 0 Å². The lowest BCUT2D eigenvalue weighted by molar-refractivity contribution is 0.102. The number of aromatic amines is 1. The number of benzene rings is 1. The van der Waals surface area contributed by atoms with Gasteiger partial charge in [0.1, 0.15) is 0 Å². The SMILES string of the molecule is Cc1[nH]ncc1C(=O)Nc1ccccc1C(C)O. The van der Waals surface area contributed by atoms with Crippen LogP contribution < -0.4 is 5.32 Å². The molecule has 5 heteroatoms. The smallest absolute Gasteiger partial charge is 0.259 e. The minimum atomic E-state index is -0.632. The van der Waals surface area contributed by atoms with Crippen LogP contribution in [0.5, 0.6) is 0 Å². The van der Waals surface area contributed by atoms with Crippen molar-refractivity contribution in [1.29, 1.82) is 0 Å². The number of carbonyl (C=O) groups excluding carboxylic acids is 1. The molecular formula is C13H15N3O2. The monoisotopic (exact) mass is 245 g/mol. The number of carbonyl (C=O) groups is 1. The fourth-order valence-corrected chi connectivity index (χ4v) is 1.74. The molecule has 2 aromatic rings. The van der Waals surface area contributed by atoms with Crippen LogP contribution in [0, 0.1) is 6.92 Å². The number of aliphatic hydroxyl groups excluding tert-OH is 1. The standard InChI is InChI=1S/C13H15N3O2/c1-8-11(7-14-16-8)13(18)15-12-6-4-3-5-10(12)9(2)17/h3-7,9,17H,1-2H3,(H,14,16)(H,15,18). The zero-order valence-electron chi connectivity index (χ0n) is 10.3. The average Bonchev–Trinajstić information content (AvgIpc) is 2.76. The fraction of sp³-hybridized carbons (Fsp3) is 0.231. The highest BCUT2D eigenvalue weighted by molar-refractivity contribution is 6.05. The Hall–Kier alpha value is -2.14. The molecule has 0 spiro atoms. The molecule has 0 fully saturated rings. The third-order valence-corrected chi connectivity index (χ3v) is 2.73. The molecule has 1 aromatic heterocycles. The largest absolute Gasteiger partial charge is 0.389 e. The van der Waals surface area contributed by atoms with Gasteiger partial charge in [-0.1, -0.05) is 18.2 Å². The van der Waals surface area contributed by atoms with Crippen molar-refractivity contribution in [2.75, 3.05) is 5.32 Å². The number of aliphatic hydroxyl groups is 1. The summed E-state index contributed by atoms with van der Waals surface area (Å²) in [5.41, 5.74) is 2.50. The van der Waals surface area contributed by atoms with Gasteiger partial charge in [-0.2, -0.15) is 5.10 Å². The predicted molar refractivity (Wildman–Crippen MR) is 68.4 cm³/mol. The third-order valence-electron chi connectivity index (χ3n) is 2.73. The van der Waals surface area contributed by atoms with Crippen molar-refractivity contribution in [3.63, 3.8) is 0 Å². The van der Waals surface area contributed by atoms with Crippen molar-refractivity contribution < 1.29 is 9.90 Å². The van der Waals surface area contributed by atoms with Crippen LogP contribution in [0.15, 0.2) is 30.5 Å². The summed E-state index contributed by atoms with van der Waals surface area (Å²) < 4.78 is 0. The number of anilines is 1. The Kier molecular flexibility index (Phi) is 3.43. The summed E-state index contributed by atoms with van der Waals surface area (Å²) in [7, 11) is 0. The van der Waals surface area contributed by atoms with Crippen LogP contribution in [0.2, 0.25) is 0 Å². The summed E-state index contributed by atoms with van der Waals surface area (Å²) in [6.07, 6.45) is 0.849. The first-order chi connectivity index (χ1) is 8.59. The van der Waals surface area contributed by atoms with E-state index in [1.165, 1.54) is 6.20 Å². The highest BCUT2D eigenvalue weighted by atomic mass is 16.3. The number of para-hydroxylation sites is 1. The van der Waals surface area contributed by atoms with E-state index >= 15 is 0 Å². The van der Waals surface area contributed by atoms with Crippen LogP contribution in [-0.4, -0.2) is 21.2 Å². The van der Waals surface area contributed by atoms with Crippen LogP contribution in [0.1, 0.15) is 34.6 Å². The van der Waals surface area contributed by atoms with Gasteiger partial charge in [-0.3, -0.25) is 9.89 Å². The van der Waals surface area contributed by atoms with Crippen molar-refractivity contribution in [3.8, 4) is 0 Å². The molecule has 1 amide bonds. The van der Waals surface area contributed by atoms with Crippen molar-refractivity contribution in [3.05, 3.63) is 47.3 Å². The fourth-order valence-electron chi connectivity index (χ4n) is 1.74. The molecule has 2 rings (SSSR count). The molecule has 1 aromatic carbocycles. The quantitative estimate of drug-likeness (QED) is 0.774. The summed E-state index contributed by atoms with van der Waals surface area (Å²) in [6, 6.07) is 7.17. The van der Waals surface area contributed by atoms with Gasteiger partial charge >= 0.3 is 0 Å². The number of aryl methyl sites for hydroxylation is 1. The Morgan fingerprint density at radius 1 is 1.44 bits per heavy atom. The van der Waals surface area contributed by atoms with E-state index in [1.54, 1.807) is 26.0 Å². The third kappa shape index (κ3) is 2.41. The minimum absolute atomic E-state index is 0.241. The molecule has 1 atom stereocenters. The number of aromatic nitrogens is 2. The molecule has 5 nitrogen and oxygen atoms in total. The minimum Gasteiger partial charge on any atom is -0.389 e. The Morgan fingerprint density at radius 2 is 2.17 bits per heavy atom. The number of hydrogen-bond donors (Lipinski definition) is 3. The number of H-pyrrole nitrogens is 1. The second-order valence-electron chi connectivity index (χ2n) is 4.13. The van der Waals surface area contributed by atoms with Gasteiger partial charge < -0.3 is 10.4 Å². The molecule has 0 aliphatic heterocycles. The van der Waals surface area contributed by atoms with Crippen LogP contribution >= 0.6 is 0 Å². The lowest BCUT2D eigenvalue weighted by atomic mass is 10.1. The Labute approximate surface area is 105 Å². The maximum absolute atomic E-state index is 12.0. The number of nitrogens with zero attached hydrogens (tertiary/aromatic N) is 1. The second kappa shape index (κ2) is 5.01. The van der Waals surface area contributed by atoms with Gasteiger partial charge in [0.2, 0.25) is 0 Å². The highest BCUT2D eigenvalue weighted by Gasteiger charge is 2.14. The van der Waals surface area contributed by atoms with E-state index in [1.807, 2.05) is 12.1 Å². The van der Waals surface area contributed by atoms with Crippen LogP contribution in [0.4, 0.5) is 5.69 Å². The van der Waals surface area contributed by atoms with Gasteiger partial charge in [-0.25, -0.2) is 0 Å². The molecule has 0 saturated heterocycles. The van der Waals surface area contributed by atoms with Crippen LogP contribution in [-0.2, 0) is 0 Å². The van der Waals surface area contributed by atoms with E-state index in [0.29, 0.717) is 22.5 Å². The first-order valence-corrected chi connectivity index (χ1v) is 5.68. The molecule has 0 radical (unpaired) electrons. The number of nitrogens with one attached hydrogen (secondary N) is 2. The van der Waals surface area contributed by atoms with Gasteiger partial charge in [-0.05, 0) is 19.9 Å². The Bertz CT molecular complexity index is 561. The van der Waals surface area contributed by atoms with E-state index in [2.05, 4.69) is 15.5 Å². The van der Waals surface area contributed by atoms with Crippen molar-refractivity contribution in [2.24, 2.45) is 0 Å². The van der Waals surface area contributed by atoms with Gasteiger partial charge in [0.05, 0.1) is 17.9 Å². The zero-order valence-corrected chi connectivity index (χ0v) is 10.3. The predicted octanol–water partition coefficient (Wildman–Crippen LogP) is 2.02. The summed E-state index contributed by atoms with van der Waals surface area (Å²) >= 11 is 0. The van der Waals surface area contributed by atoms with Crippen LogP contribution in [0.25, 0.3) is 0 Å². The molecular weight excluding hydrogens is 230 g/mol. The Morgan fingerprint density at radius 3 is 2.78 bits per heavy atom. The van der Waals surface area contributed by atoms with Gasteiger partial charge in [0, 0.05) is 16.9 Å². The van der Waals surface area contributed by atoms with Crippen molar-refractivity contribution in [2.45, 2.75) is 20.0 Å². The lowest BCUT2D eigenvalue weighted by Gasteiger charge is -2.12. The average molecular weight is 245 g/mol. The molecule has 0 bridgehead atoms. The van der Waals surface area contributed by atoms with E-state index in [9.17, 15) is 9.90 Å². The van der Waals surface area contributed by atoms with Crippen LogP contribution in [0.3, 0.4) is 0 Å². The van der Waals surface area contributed by atoms with Crippen molar-refractivity contribution >= 4 is 11.6 Å². The molecule has 18 heavy (non-hydrogen) atoms. The van der Waals surface area contributed by atoms with E-state index < -0.39 is 6.10 Å². The van der Waals surface area contributed by atoms with E-state index in [-0.39, 0.29) is 5.91 Å². The van der Waals surface area contributed by atoms with E-state index in [4.69, 9.17) is 0 Å². The normalized spacial score (nSPS) is 12.2. The second-order valence-corrected chi connectivity index (χ2v) is 4.13. The molecule has 0 aliphatic rings. The summed E-state index contributed by atoms with van der Waals surface area (Å²) in [6.45, 7) is 3.44. The molecule has 3 N–H and O–H groups in total. The summed E-state index contributed by atoms with van der Waals surface area (Å²) in [4.78, 5) is 12.0. The maximum Gasteiger partial charge on any atom is 0.259 e. The summed E-state index contributed by atoms with van der Waals surface area (Å²) in [5, 5.41) is 18.9. The molecule has 1 unspecified atom stereocenters. The van der Waals surface area contributed by atoms with Gasteiger partial charge in [0.25, 0.3) is 5.91 Å². The van der Waals surface area contributed by atoms with Gasteiger partial charge in [0.15, 0.2) is 0 Å². The lowest BCUT2D eigenvalue weighted by Crippen LogP contribution is -2.14. The number of hydrogen-bond acceptors (Lipinski definition) is 3. The summed E-state index contributed by atoms with van der Waals surface area (Å²) in [5.74, 6) is -0.241. The number of rotatable bonds is 3. The zero-order chi connectivity index (χ0) is 13.1. The highest BCUT2D eigenvalue weighted by Crippen LogP contribution is 2.22. The Balaban J connectivity index is 2.25. The first-order valence-electron chi connectivity index (χ1n) is 5.68. The molecule has 1 heterocycles. The first kappa shape index (κ1) is 12.3. The van der Waals surface area contributed by atoms with Crippen molar-refractivity contribution in [1.82, 2.24) is 10.2 Å².